The van der Waals surface area contributed by atoms with Crippen molar-refractivity contribution in [3.05, 3.63) is 71.8 Å². The molecule has 2 heterocycles. The molecule has 1 aromatic carbocycles. The summed E-state index contributed by atoms with van der Waals surface area (Å²) in [5.41, 5.74) is 3.68. The summed E-state index contributed by atoms with van der Waals surface area (Å²) in [6, 6.07) is 8.99. The van der Waals surface area contributed by atoms with Crippen LogP contribution in [0.2, 0.25) is 0 Å². The van der Waals surface area contributed by atoms with E-state index in [2.05, 4.69) is 42.9 Å². The van der Waals surface area contributed by atoms with Crippen molar-refractivity contribution < 1.29 is 9.18 Å². The van der Waals surface area contributed by atoms with Crippen molar-refractivity contribution in [3.63, 3.8) is 0 Å². The maximum atomic E-state index is 13.0. The van der Waals surface area contributed by atoms with Crippen LogP contribution in [0.15, 0.2) is 49.2 Å². The van der Waals surface area contributed by atoms with Gasteiger partial charge < -0.3 is 9.88 Å². The molecule has 0 saturated carbocycles. The van der Waals surface area contributed by atoms with Gasteiger partial charge >= 0.3 is 0 Å². The van der Waals surface area contributed by atoms with Gasteiger partial charge in [0.15, 0.2) is 0 Å². The second kappa shape index (κ2) is 7.12. The molecule has 5 heteroatoms. The van der Waals surface area contributed by atoms with Crippen LogP contribution in [0, 0.1) is 12.7 Å². The Kier molecular flexibility index (Phi) is 4.89. The Morgan fingerprint density at radius 2 is 2.12 bits per heavy atom. The van der Waals surface area contributed by atoms with Crippen LogP contribution in [0.1, 0.15) is 41.4 Å². The number of allylic oxidation sites excluding steroid dienone is 1. The minimum absolute atomic E-state index is 0.272. The second-order valence-electron chi connectivity index (χ2n) is 6.62. The van der Waals surface area contributed by atoms with E-state index in [0.717, 1.165) is 22.7 Å². The fraction of sp³-hybridized carbons (Fsp3) is 0.238. The minimum atomic E-state index is -0.443. The number of carbonyl (C=O) groups is 1. The normalized spacial score (nSPS) is 11.1. The molecule has 26 heavy (non-hydrogen) atoms. The van der Waals surface area contributed by atoms with Crippen LogP contribution in [0.5, 0.6) is 0 Å². The van der Waals surface area contributed by atoms with Crippen molar-refractivity contribution in [2.75, 3.05) is 5.32 Å². The third kappa shape index (κ3) is 3.25. The summed E-state index contributed by atoms with van der Waals surface area (Å²) in [5.74, 6) is 0.00300. The number of pyridine rings is 1. The predicted octanol–water partition coefficient (Wildman–Crippen LogP) is 5.05. The average Bonchev–Trinajstić information content (AvgIpc) is 2.89. The van der Waals surface area contributed by atoms with E-state index in [1.165, 1.54) is 17.7 Å². The lowest BCUT2D eigenvalue weighted by atomic mass is 10.0. The first kappa shape index (κ1) is 17.9. The standard InChI is InChI=1S/C21H22FN3O/c1-5-10-25-18-8-6-15(13(2)3)11-17(18)14(4)20(25)21(26)24-19-9-7-16(22)12-23-19/h5-9,11-13H,1,10H2,2-4H3,(H,23,24,26). The average molecular weight is 351 g/mol. The third-order valence-electron chi connectivity index (χ3n) is 4.50. The van der Waals surface area contributed by atoms with E-state index in [4.69, 9.17) is 0 Å². The SMILES string of the molecule is C=CCn1c(C(=O)Nc2ccc(F)cn2)c(C)c2cc(C(C)C)ccc21. The van der Waals surface area contributed by atoms with E-state index in [9.17, 15) is 9.18 Å². The highest BCUT2D eigenvalue weighted by Crippen LogP contribution is 2.29. The number of hydrogen-bond donors (Lipinski definition) is 1. The number of carbonyl (C=O) groups excluding carboxylic acids is 1. The number of hydrogen-bond acceptors (Lipinski definition) is 2. The van der Waals surface area contributed by atoms with E-state index in [0.29, 0.717) is 24.0 Å². The topological polar surface area (TPSA) is 46.9 Å². The maximum Gasteiger partial charge on any atom is 0.273 e. The number of anilines is 1. The molecule has 134 valence electrons. The molecule has 0 fully saturated rings. The molecule has 0 aliphatic carbocycles. The minimum Gasteiger partial charge on any atom is -0.332 e. The number of nitrogens with zero attached hydrogens (tertiary/aromatic N) is 2. The van der Waals surface area contributed by atoms with Crippen LogP contribution in [0.25, 0.3) is 10.9 Å². The Labute approximate surface area is 152 Å². The predicted molar refractivity (Wildman–Crippen MR) is 103 cm³/mol. The van der Waals surface area contributed by atoms with Crippen molar-refractivity contribution in [2.24, 2.45) is 0 Å². The number of amides is 1. The number of aryl methyl sites for hydroxylation is 1. The van der Waals surface area contributed by atoms with Gasteiger partial charge in [0.2, 0.25) is 0 Å². The lowest BCUT2D eigenvalue weighted by Crippen LogP contribution is -2.18. The maximum absolute atomic E-state index is 13.0. The van der Waals surface area contributed by atoms with Crippen molar-refractivity contribution in [2.45, 2.75) is 33.2 Å². The number of benzene rings is 1. The van der Waals surface area contributed by atoms with Gasteiger partial charge in [-0.25, -0.2) is 9.37 Å². The fourth-order valence-corrected chi connectivity index (χ4v) is 3.14. The molecule has 0 radical (unpaired) electrons. The van der Waals surface area contributed by atoms with Gasteiger partial charge in [0, 0.05) is 17.4 Å². The van der Waals surface area contributed by atoms with Crippen LogP contribution in [0.4, 0.5) is 10.2 Å². The molecule has 0 aliphatic rings. The lowest BCUT2D eigenvalue weighted by molar-refractivity contribution is 0.101. The highest BCUT2D eigenvalue weighted by Gasteiger charge is 2.20. The molecule has 0 saturated heterocycles. The van der Waals surface area contributed by atoms with Crippen LogP contribution in [-0.4, -0.2) is 15.5 Å². The smallest absolute Gasteiger partial charge is 0.273 e. The summed E-state index contributed by atoms with van der Waals surface area (Å²) in [6.45, 7) is 10.6. The van der Waals surface area contributed by atoms with Gasteiger partial charge in [0.25, 0.3) is 5.91 Å². The van der Waals surface area contributed by atoms with E-state index in [-0.39, 0.29) is 5.91 Å². The first-order valence-corrected chi connectivity index (χ1v) is 8.59. The Balaban J connectivity index is 2.09. The molecule has 1 amide bonds. The molecule has 3 aromatic rings. The molecule has 3 rings (SSSR count). The number of nitrogens with one attached hydrogen (secondary N) is 1. The highest BCUT2D eigenvalue weighted by atomic mass is 19.1. The largest absolute Gasteiger partial charge is 0.332 e. The van der Waals surface area contributed by atoms with Crippen molar-refractivity contribution >= 4 is 22.6 Å². The molecule has 0 spiro atoms. The lowest BCUT2D eigenvalue weighted by Gasteiger charge is -2.10. The molecule has 0 bridgehead atoms. The van der Waals surface area contributed by atoms with Crippen LogP contribution < -0.4 is 5.32 Å². The van der Waals surface area contributed by atoms with E-state index >= 15 is 0 Å². The molecule has 4 nitrogen and oxygen atoms in total. The number of halogens is 1. The zero-order valence-electron chi connectivity index (χ0n) is 15.2. The zero-order chi connectivity index (χ0) is 18.8. The Bertz CT molecular complexity index is 971. The van der Waals surface area contributed by atoms with Crippen molar-refractivity contribution in [1.82, 2.24) is 9.55 Å². The second-order valence-corrected chi connectivity index (χ2v) is 6.62. The number of aromatic nitrogens is 2. The first-order valence-electron chi connectivity index (χ1n) is 8.59. The van der Waals surface area contributed by atoms with Gasteiger partial charge in [-0.3, -0.25) is 4.79 Å². The summed E-state index contributed by atoms with van der Waals surface area (Å²) in [4.78, 5) is 16.8. The zero-order valence-corrected chi connectivity index (χ0v) is 15.2. The molecule has 0 unspecified atom stereocenters. The van der Waals surface area contributed by atoms with Gasteiger partial charge in [0.1, 0.15) is 17.3 Å². The van der Waals surface area contributed by atoms with E-state index in [1.807, 2.05) is 17.6 Å². The molecule has 2 aromatic heterocycles. The van der Waals surface area contributed by atoms with Gasteiger partial charge in [0.05, 0.1) is 6.20 Å². The summed E-state index contributed by atoms with van der Waals surface area (Å²) < 4.78 is 15.0. The van der Waals surface area contributed by atoms with Crippen LogP contribution in [0.3, 0.4) is 0 Å². The van der Waals surface area contributed by atoms with Gasteiger partial charge in [-0.05, 0) is 48.2 Å². The summed E-state index contributed by atoms with van der Waals surface area (Å²) in [5, 5.41) is 3.80. The van der Waals surface area contributed by atoms with Crippen molar-refractivity contribution in [1.29, 1.82) is 0 Å². The molecule has 1 N–H and O–H groups in total. The monoisotopic (exact) mass is 351 g/mol. The quantitative estimate of drug-likeness (QED) is 0.654. The Hall–Kier alpha value is -2.95. The molecule has 0 atom stereocenters. The fourth-order valence-electron chi connectivity index (χ4n) is 3.14. The van der Waals surface area contributed by atoms with Gasteiger partial charge in [-0.1, -0.05) is 26.0 Å². The molecular formula is C21H22FN3O. The Morgan fingerprint density at radius 1 is 1.35 bits per heavy atom. The van der Waals surface area contributed by atoms with Crippen LogP contribution in [-0.2, 0) is 6.54 Å². The molecular weight excluding hydrogens is 329 g/mol. The first-order chi connectivity index (χ1) is 12.4. The number of rotatable bonds is 5. The summed E-state index contributed by atoms with van der Waals surface area (Å²) in [7, 11) is 0. The van der Waals surface area contributed by atoms with E-state index in [1.54, 1.807) is 6.08 Å². The Morgan fingerprint density at radius 3 is 2.73 bits per heavy atom. The number of fused-ring (bicyclic) bond motifs is 1. The van der Waals surface area contributed by atoms with Gasteiger partial charge in [-0.15, -0.1) is 6.58 Å². The van der Waals surface area contributed by atoms with Crippen LogP contribution >= 0.6 is 0 Å². The van der Waals surface area contributed by atoms with Crippen molar-refractivity contribution in [3.8, 4) is 0 Å². The third-order valence-corrected chi connectivity index (χ3v) is 4.50. The summed E-state index contributed by atoms with van der Waals surface area (Å²) >= 11 is 0. The highest BCUT2D eigenvalue weighted by molar-refractivity contribution is 6.08. The summed E-state index contributed by atoms with van der Waals surface area (Å²) in [6.07, 6.45) is 2.85. The van der Waals surface area contributed by atoms with Gasteiger partial charge in [-0.2, -0.15) is 0 Å². The van der Waals surface area contributed by atoms with E-state index < -0.39 is 5.82 Å². The molecule has 0 aliphatic heterocycles.